The summed E-state index contributed by atoms with van der Waals surface area (Å²) in [5.41, 5.74) is 0.351. The van der Waals surface area contributed by atoms with Crippen molar-refractivity contribution < 1.29 is 13.2 Å². The van der Waals surface area contributed by atoms with Gasteiger partial charge in [-0.25, -0.2) is 8.42 Å². The maximum atomic E-state index is 13.0. The van der Waals surface area contributed by atoms with Crippen molar-refractivity contribution >= 4 is 15.9 Å². The fraction of sp³-hybridized carbons (Fsp3) is 0.550. The van der Waals surface area contributed by atoms with Gasteiger partial charge in [0.25, 0.3) is 5.91 Å². The topological polar surface area (TPSA) is 97.2 Å². The third-order valence-corrected chi connectivity index (χ3v) is 7.42. The molecule has 1 aromatic carbocycles. The first-order valence-corrected chi connectivity index (χ1v) is 11.8. The van der Waals surface area contributed by atoms with Gasteiger partial charge in [0.05, 0.1) is 4.90 Å². The summed E-state index contributed by atoms with van der Waals surface area (Å²) in [6.45, 7) is 1.51. The Morgan fingerprint density at radius 2 is 1.90 bits per heavy atom. The van der Waals surface area contributed by atoms with E-state index in [2.05, 4.69) is 20.1 Å². The second-order valence-corrected chi connectivity index (χ2v) is 9.68. The Hall–Kier alpha value is -2.26. The molecule has 2 aliphatic rings. The maximum Gasteiger partial charge on any atom is 0.251 e. The molecule has 0 bridgehead atoms. The van der Waals surface area contributed by atoms with E-state index in [4.69, 9.17) is 0 Å². The Kier molecular flexibility index (Phi) is 5.96. The van der Waals surface area contributed by atoms with Crippen LogP contribution in [-0.2, 0) is 16.4 Å². The highest BCUT2D eigenvalue weighted by Gasteiger charge is 2.27. The van der Waals surface area contributed by atoms with Crippen molar-refractivity contribution in [3.63, 3.8) is 0 Å². The van der Waals surface area contributed by atoms with Crippen LogP contribution in [0.5, 0.6) is 0 Å². The van der Waals surface area contributed by atoms with Gasteiger partial charge in [-0.15, -0.1) is 10.2 Å². The molecule has 0 unspecified atom stereocenters. The number of aromatic nitrogens is 3. The van der Waals surface area contributed by atoms with Gasteiger partial charge in [0.1, 0.15) is 12.2 Å². The molecule has 4 rings (SSSR count). The first kappa shape index (κ1) is 20.0. The van der Waals surface area contributed by atoms with Crippen LogP contribution < -0.4 is 5.32 Å². The molecule has 156 valence electrons. The number of benzene rings is 1. The van der Waals surface area contributed by atoms with Crippen LogP contribution in [0.4, 0.5) is 0 Å². The van der Waals surface area contributed by atoms with Gasteiger partial charge in [0.15, 0.2) is 0 Å². The zero-order valence-corrected chi connectivity index (χ0v) is 17.3. The van der Waals surface area contributed by atoms with Crippen LogP contribution in [0.3, 0.4) is 0 Å². The van der Waals surface area contributed by atoms with E-state index >= 15 is 0 Å². The van der Waals surface area contributed by atoms with Crippen LogP contribution in [-0.4, -0.2) is 53.0 Å². The summed E-state index contributed by atoms with van der Waals surface area (Å²) in [6.07, 6.45) is 8.51. The van der Waals surface area contributed by atoms with E-state index in [0.29, 0.717) is 37.7 Å². The summed E-state index contributed by atoms with van der Waals surface area (Å²) in [5, 5.41) is 11.0. The normalized spacial score (nSPS) is 18.3. The van der Waals surface area contributed by atoms with Crippen molar-refractivity contribution in [2.45, 2.75) is 55.9 Å². The zero-order chi connectivity index (χ0) is 20.3. The summed E-state index contributed by atoms with van der Waals surface area (Å²) < 4.78 is 29.5. The molecule has 2 aromatic rings. The van der Waals surface area contributed by atoms with Crippen molar-refractivity contribution in [1.82, 2.24) is 24.4 Å². The van der Waals surface area contributed by atoms with Crippen LogP contribution in [0.1, 0.15) is 60.7 Å². The van der Waals surface area contributed by atoms with Gasteiger partial charge in [0, 0.05) is 37.7 Å². The molecule has 29 heavy (non-hydrogen) atoms. The smallest absolute Gasteiger partial charge is 0.251 e. The van der Waals surface area contributed by atoms with Gasteiger partial charge >= 0.3 is 0 Å². The molecule has 1 aliphatic heterocycles. The Morgan fingerprint density at radius 3 is 2.62 bits per heavy atom. The van der Waals surface area contributed by atoms with Crippen LogP contribution >= 0.6 is 0 Å². The SMILES string of the molecule is O=C(NCCc1nncn1C1CC1)c1cccc(S(=O)(=O)N2CCCCCC2)c1. The molecule has 1 aromatic heterocycles. The number of carbonyl (C=O) groups is 1. The van der Waals surface area contributed by atoms with Crippen molar-refractivity contribution in [1.29, 1.82) is 0 Å². The number of amides is 1. The highest BCUT2D eigenvalue weighted by atomic mass is 32.2. The molecule has 8 nitrogen and oxygen atoms in total. The van der Waals surface area contributed by atoms with Gasteiger partial charge in [-0.3, -0.25) is 4.79 Å². The average molecular weight is 418 g/mol. The number of carbonyl (C=O) groups excluding carboxylic acids is 1. The molecule has 1 amide bonds. The lowest BCUT2D eigenvalue weighted by molar-refractivity contribution is 0.0953. The van der Waals surface area contributed by atoms with E-state index in [1.807, 2.05) is 0 Å². The number of nitrogens with one attached hydrogen (secondary N) is 1. The monoisotopic (exact) mass is 417 g/mol. The van der Waals surface area contributed by atoms with Crippen molar-refractivity contribution in [3.05, 3.63) is 42.0 Å². The highest BCUT2D eigenvalue weighted by Crippen LogP contribution is 2.35. The summed E-state index contributed by atoms with van der Waals surface area (Å²) in [4.78, 5) is 12.7. The summed E-state index contributed by atoms with van der Waals surface area (Å²) in [6, 6.07) is 6.81. The predicted molar refractivity (Wildman–Crippen MR) is 108 cm³/mol. The highest BCUT2D eigenvalue weighted by molar-refractivity contribution is 7.89. The first-order valence-electron chi connectivity index (χ1n) is 10.3. The zero-order valence-electron chi connectivity index (χ0n) is 16.5. The van der Waals surface area contributed by atoms with E-state index in [9.17, 15) is 13.2 Å². The second kappa shape index (κ2) is 8.62. The Morgan fingerprint density at radius 1 is 1.14 bits per heavy atom. The number of hydrogen-bond acceptors (Lipinski definition) is 5. The van der Waals surface area contributed by atoms with Crippen molar-refractivity contribution in [2.75, 3.05) is 19.6 Å². The third-order valence-electron chi connectivity index (χ3n) is 5.52. The lowest BCUT2D eigenvalue weighted by Gasteiger charge is -2.20. The Balaban J connectivity index is 1.39. The van der Waals surface area contributed by atoms with E-state index in [-0.39, 0.29) is 10.8 Å². The number of sulfonamides is 1. The molecule has 0 atom stereocenters. The lowest BCUT2D eigenvalue weighted by atomic mass is 10.2. The fourth-order valence-corrected chi connectivity index (χ4v) is 5.29. The maximum absolute atomic E-state index is 13.0. The standard InChI is InChI=1S/C20H27N5O3S/c26-20(21-11-10-19-23-22-15-25(19)17-8-9-17)16-6-5-7-18(14-16)29(27,28)24-12-3-1-2-4-13-24/h5-7,14-15,17H,1-4,8-13H2,(H,21,26). The molecule has 0 spiro atoms. The molecule has 1 saturated heterocycles. The van der Waals surface area contributed by atoms with Gasteiger partial charge in [0.2, 0.25) is 10.0 Å². The minimum absolute atomic E-state index is 0.181. The van der Waals surface area contributed by atoms with Gasteiger partial charge < -0.3 is 9.88 Å². The van der Waals surface area contributed by atoms with Gasteiger partial charge in [-0.1, -0.05) is 18.9 Å². The number of hydrogen-bond donors (Lipinski definition) is 1. The molecule has 2 fully saturated rings. The van der Waals surface area contributed by atoms with Crippen LogP contribution in [0, 0.1) is 0 Å². The summed E-state index contributed by atoms with van der Waals surface area (Å²) >= 11 is 0. The third kappa shape index (κ3) is 4.67. The quantitative estimate of drug-likeness (QED) is 0.744. The molecule has 9 heteroatoms. The van der Waals surface area contributed by atoms with E-state index in [0.717, 1.165) is 44.3 Å². The molecule has 1 N–H and O–H groups in total. The second-order valence-electron chi connectivity index (χ2n) is 7.74. The number of rotatable bonds is 7. The molecule has 1 saturated carbocycles. The largest absolute Gasteiger partial charge is 0.352 e. The average Bonchev–Trinajstić information content (AvgIpc) is 3.52. The Labute approximate surface area is 171 Å². The minimum Gasteiger partial charge on any atom is -0.352 e. The van der Waals surface area contributed by atoms with Gasteiger partial charge in [-0.05, 0) is 43.9 Å². The predicted octanol–water partition coefficient (Wildman–Crippen LogP) is 2.15. The van der Waals surface area contributed by atoms with Crippen molar-refractivity contribution in [2.24, 2.45) is 0 Å². The summed E-state index contributed by atoms with van der Waals surface area (Å²) in [7, 11) is -3.57. The first-order chi connectivity index (χ1) is 14.1. The van der Waals surface area contributed by atoms with E-state index in [1.165, 1.54) is 6.07 Å². The molecule has 1 aliphatic carbocycles. The van der Waals surface area contributed by atoms with E-state index < -0.39 is 10.0 Å². The fourth-order valence-electron chi connectivity index (χ4n) is 3.72. The number of nitrogens with zero attached hydrogens (tertiary/aromatic N) is 4. The summed E-state index contributed by atoms with van der Waals surface area (Å²) in [5.74, 6) is 0.584. The van der Waals surface area contributed by atoms with Gasteiger partial charge in [-0.2, -0.15) is 4.31 Å². The Bertz CT molecular complexity index is 960. The van der Waals surface area contributed by atoms with Crippen LogP contribution in [0.15, 0.2) is 35.5 Å². The van der Waals surface area contributed by atoms with Crippen molar-refractivity contribution in [3.8, 4) is 0 Å². The van der Waals surface area contributed by atoms with Crippen LogP contribution in [0.25, 0.3) is 0 Å². The van der Waals surface area contributed by atoms with E-state index in [1.54, 1.807) is 28.8 Å². The molecular weight excluding hydrogens is 390 g/mol. The lowest BCUT2D eigenvalue weighted by Crippen LogP contribution is -2.32. The molecule has 2 heterocycles. The molecular formula is C20H27N5O3S. The van der Waals surface area contributed by atoms with Crippen LogP contribution in [0.2, 0.25) is 0 Å². The molecule has 0 radical (unpaired) electrons. The minimum atomic E-state index is -3.57.